The summed E-state index contributed by atoms with van der Waals surface area (Å²) in [6, 6.07) is 7.08. The fourth-order valence-corrected chi connectivity index (χ4v) is 1.23. The Labute approximate surface area is 76.1 Å². The predicted octanol–water partition coefficient (Wildman–Crippen LogP) is 0.463. The van der Waals surface area contributed by atoms with Gasteiger partial charge in [-0.2, -0.15) is 0 Å². The molecule has 0 fully saturated rings. The molecule has 0 aliphatic heterocycles. The lowest BCUT2D eigenvalue weighted by Crippen LogP contribution is -2.29. The van der Waals surface area contributed by atoms with Gasteiger partial charge in [0.2, 0.25) is 0 Å². The molecule has 1 rings (SSSR count). The first-order valence-corrected chi connectivity index (χ1v) is 3.89. The molecule has 0 spiro atoms. The van der Waals surface area contributed by atoms with Gasteiger partial charge in [-0.3, -0.25) is 0 Å². The lowest BCUT2D eigenvalue weighted by atomic mass is 9.81. The average Bonchev–Trinajstić information content (AvgIpc) is 1.88. The summed E-state index contributed by atoms with van der Waals surface area (Å²) in [4.78, 5) is 0. The summed E-state index contributed by atoms with van der Waals surface area (Å²) >= 11 is 2.12. The van der Waals surface area contributed by atoms with Gasteiger partial charge in [0.1, 0.15) is 0 Å². The van der Waals surface area contributed by atoms with E-state index in [1.807, 2.05) is 6.07 Å². The van der Waals surface area contributed by atoms with Gasteiger partial charge in [0.15, 0.2) is 0 Å². The molecule has 0 aliphatic rings. The summed E-state index contributed by atoms with van der Waals surface area (Å²) in [5.41, 5.74) is 0.534. The number of hydrogen-bond acceptors (Lipinski definition) is 2. The molecule has 0 saturated carbocycles. The van der Waals surface area contributed by atoms with E-state index < -0.39 is 7.12 Å². The Hall–Kier alpha value is -0.0651. The van der Waals surface area contributed by atoms with Gasteiger partial charge >= 0.3 is 7.12 Å². The molecule has 0 amide bonds. The molecule has 0 unspecified atom stereocenters. The van der Waals surface area contributed by atoms with E-state index in [0.29, 0.717) is 5.46 Å². The van der Waals surface area contributed by atoms with E-state index in [1.54, 1.807) is 18.2 Å². The van der Waals surface area contributed by atoms with Crippen molar-refractivity contribution in [2.24, 2.45) is 0 Å². The number of hydrogen-bond donors (Lipinski definition) is 2. The second kappa shape index (κ2) is 3.36. The van der Waals surface area contributed by atoms with Crippen molar-refractivity contribution in [1.29, 1.82) is 0 Å². The Bertz CT molecular complexity index is 235. The molecule has 1 aromatic rings. The molecule has 0 bridgehead atoms. The van der Waals surface area contributed by atoms with Crippen LogP contribution in [0.5, 0.6) is 0 Å². The van der Waals surface area contributed by atoms with Crippen molar-refractivity contribution in [3.8, 4) is 0 Å². The zero-order valence-electron chi connectivity index (χ0n) is 5.16. The maximum Gasteiger partial charge on any atom is 0.488 e. The molecular weight excluding hydrogens is 242 g/mol. The number of halogens is 1. The van der Waals surface area contributed by atoms with E-state index in [2.05, 4.69) is 22.6 Å². The van der Waals surface area contributed by atoms with Gasteiger partial charge in [0, 0.05) is 6.42 Å². The fourth-order valence-electron chi connectivity index (χ4n) is 0.667. The smallest absolute Gasteiger partial charge is 0.423 e. The normalized spacial score (nSPS) is 9.50. The Morgan fingerprint density at radius 2 is 2.10 bits per heavy atom. The Morgan fingerprint density at radius 1 is 1.40 bits per heavy atom. The molecule has 2 N–H and O–H groups in total. The largest absolute Gasteiger partial charge is 0.488 e. The van der Waals surface area contributed by atoms with Gasteiger partial charge < -0.3 is 10.0 Å². The van der Waals surface area contributed by atoms with Crippen LogP contribution in [0.25, 0.3) is 0 Å². The standard InChI is InChI=1S/C6H6BIO2.2H2/c8-6-3-1-2-5(4-6)7(9)10;;/h1-4,9-10H;2*1H. The lowest BCUT2D eigenvalue weighted by Gasteiger charge is -1.97. The van der Waals surface area contributed by atoms with Gasteiger partial charge in [-0.05, 0) is 40.2 Å². The van der Waals surface area contributed by atoms with Crippen molar-refractivity contribution < 1.29 is 12.9 Å². The molecule has 0 aliphatic carbocycles. The molecule has 56 valence electrons. The van der Waals surface area contributed by atoms with E-state index in [1.165, 1.54) is 0 Å². The van der Waals surface area contributed by atoms with E-state index >= 15 is 0 Å². The molecule has 0 radical (unpaired) electrons. The third-order valence-corrected chi connectivity index (χ3v) is 1.82. The average molecular weight is 252 g/mol. The van der Waals surface area contributed by atoms with E-state index in [0.717, 1.165) is 3.57 Å². The van der Waals surface area contributed by atoms with E-state index in [9.17, 15) is 0 Å². The minimum atomic E-state index is -1.35. The summed E-state index contributed by atoms with van der Waals surface area (Å²) in [5, 5.41) is 17.4. The molecule has 1 aromatic carbocycles. The van der Waals surface area contributed by atoms with Crippen molar-refractivity contribution in [3.63, 3.8) is 0 Å². The second-order valence-corrected chi connectivity index (χ2v) is 3.17. The molecule has 0 saturated heterocycles. The van der Waals surface area contributed by atoms with Crippen LogP contribution in [0.15, 0.2) is 24.3 Å². The van der Waals surface area contributed by atoms with Crippen LogP contribution < -0.4 is 5.46 Å². The Balaban J connectivity index is 0. The third kappa shape index (κ3) is 1.97. The van der Waals surface area contributed by atoms with Crippen molar-refractivity contribution >= 4 is 35.2 Å². The van der Waals surface area contributed by atoms with E-state index in [-0.39, 0.29) is 2.85 Å². The van der Waals surface area contributed by atoms with Crippen LogP contribution in [-0.4, -0.2) is 17.2 Å². The molecule has 4 heteroatoms. The number of rotatable bonds is 1. The van der Waals surface area contributed by atoms with Crippen molar-refractivity contribution in [3.05, 3.63) is 27.8 Å². The molecule has 2 nitrogen and oxygen atoms in total. The maximum atomic E-state index is 8.70. The highest BCUT2D eigenvalue weighted by Crippen LogP contribution is 1.99. The zero-order valence-corrected chi connectivity index (χ0v) is 7.32. The first-order chi connectivity index (χ1) is 4.70. The molecule has 10 heavy (non-hydrogen) atoms. The molecule has 0 heterocycles. The van der Waals surface area contributed by atoms with Crippen LogP contribution in [0, 0.1) is 3.57 Å². The fraction of sp³-hybridized carbons (Fsp3) is 0. The van der Waals surface area contributed by atoms with Crippen LogP contribution in [0.4, 0.5) is 0 Å². The van der Waals surface area contributed by atoms with Crippen LogP contribution in [0.2, 0.25) is 0 Å². The Kier molecular flexibility index (Phi) is 2.70. The second-order valence-electron chi connectivity index (χ2n) is 1.93. The first kappa shape index (κ1) is 8.04. The highest BCUT2D eigenvalue weighted by Gasteiger charge is 2.09. The summed E-state index contributed by atoms with van der Waals surface area (Å²) < 4.78 is 1.00. The minimum Gasteiger partial charge on any atom is -0.423 e. The number of benzene rings is 1. The predicted molar refractivity (Wildman–Crippen MR) is 53.2 cm³/mol. The SMILES string of the molecule is OB(O)c1cccc(I)c1.[HH].[HH]. The third-order valence-electron chi connectivity index (χ3n) is 1.15. The van der Waals surface area contributed by atoms with Gasteiger partial charge in [-0.25, -0.2) is 0 Å². The summed E-state index contributed by atoms with van der Waals surface area (Å²) in [6.07, 6.45) is 0. The maximum absolute atomic E-state index is 8.70. The first-order valence-electron chi connectivity index (χ1n) is 2.82. The zero-order chi connectivity index (χ0) is 7.56. The van der Waals surface area contributed by atoms with Crippen LogP contribution >= 0.6 is 22.6 Å². The van der Waals surface area contributed by atoms with Crippen LogP contribution in [-0.2, 0) is 0 Å². The summed E-state index contributed by atoms with van der Waals surface area (Å²) in [7, 11) is -1.35. The van der Waals surface area contributed by atoms with Crippen molar-refractivity contribution in [2.45, 2.75) is 0 Å². The highest BCUT2D eigenvalue weighted by molar-refractivity contribution is 14.1. The molecule has 0 aromatic heterocycles. The van der Waals surface area contributed by atoms with Gasteiger partial charge in [0.05, 0.1) is 0 Å². The molecular formula is C6H10BIO2. The monoisotopic (exact) mass is 252 g/mol. The van der Waals surface area contributed by atoms with Gasteiger partial charge in [0.25, 0.3) is 0 Å². The Morgan fingerprint density at radius 3 is 2.50 bits per heavy atom. The van der Waals surface area contributed by atoms with Crippen LogP contribution in [0.3, 0.4) is 0 Å². The van der Waals surface area contributed by atoms with Gasteiger partial charge in [-0.1, -0.05) is 12.1 Å². The highest BCUT2D eigenvalue weighted by atomic mass is 127. The molecule has 0 atom stereocenters. The van der Waals surface area contributed by atoms with Crippen molar-refractivity contribution in [2.75, 3.05) is 0 Å². The summed E-state index contributed by atoms with van der Waals surface area (Å²) in [6.45, 7) is 0. The van der Waals surface area contributed by atoms with Gasteiger partial charge in [-0.15, -0.1) is 0 Å². The quantitative estimate of drug-likeness (QED) is 0.563. The minimum absolute atomic E-state index is 0. The van der Waals surface area contributed by atoms with Crippen LogP contribution in [0.1, 0.15) is 2.85 Å². The summed E-state index contributed by atoms with van der Waals surface area (Å²) in [5.74, 6) is 0. The topological polar surface area (TPSA) is 40.5 Å². The van der Waals surface area contributed by atoms with Crippen molar-refractivity contribution in [1.82, 2.24) is 0 Å². The lowest BCUT2D eigenvalue weighted by molar-refractivity contribution is 0.426. The van der Waals surface area contributed by atoms with E-state index in [4.69, 9.17) is 10.0 Å².